The van der Waals surface area contributed by atoms with Crippen LogP contribution in [0.4, 0.5) is 5.69 Å². The van der Waals surface area contributed by atoms with E-state index in [9.17, 15) is 4.79 Å². The summed E-state index contributed by atoms with van der Waals surface area (Å²) >= 11 is 0. The highest BCUT2D eigenvalue weighted by Gasteiger charge is 2.17. The number of anilines is 1. The van der Waals surface area contributed by atoms with Crippen molar-refractivity contribution in [3.8, 4) is 0 Å². The van der Waals surface area contributed by atoms with E-state index in [1.807, 2.05) is 26.0 Å². The topological polar surface area (TPSA) is 67.6 Å². The van der Waals surface area contributed by atoms with Crippen molar-refractivity contribution >= 4 is 36.4 Å². The van der Waals surface area contributed by atoms with Crippen LogP contribution >= 0.6 is 24.8 Å². The molecule has 0 spiro atoms. The van der Waals surface area contributed by atoms with Gasteiger partial charge in [-0.05, 0) is 24.6 Å². The van der Waals surface area contributed by atoms with Crippen LogP contribution in [-0.2, 0) is 16.1 Å². The van der Waals surface area contributed by atoms with E-state index in [4.69, 9.17) is 10.5 Å². The fourth-order valence-corrected chi connectivity index (χ4v) is 2.21. The van der Waals surface area contributed by atoms with Crippen molar-refractivity contribution in [3.05, 3.63) is 29.8 Å². The molecule has 132 valence electrons. The fourth-order valence-electron chi connectivity index (χ4n) is 2.21. The van der Waals surface area contributed by atoms with Gasteiger partial charge in [-0.2, -0.15) is 0 Å². The van der Waals surface area contributed by atoms with Crippen LogP contribution in [0.15, 0.2) is 24.3 Å². The second kappa shape index (κ2) is 10.8. The molecular weight excluding hydrogens is 337 g/mol. The second-order valence-corrected chi connectivity index (χ2v) is 5.72. The fraction of sp³-hybridized carbons (Fsp3) is 0.562. The van der Waals surface area contributed by atoms with Gasteiger partial charge in [0, 0.05) is 31.4 Å². The number of ether oxygens (including phenoxy) is 1. The van der Waals surface area contributed by atoms with E-state index in [0.717, 1.165) is 38.5 Å². The van der Waals surface area contributed by atoms with Gasteiger partial charge in [0.05, 0.1) is 19.1 Å². The summed E-state index contributed by atoms with van der Waals surface area (Å²) < 4.78 is 5.34. The lowest BCUT2D eigenvalue weighted by atomic mass is 10.0. The largest absolute Gasteiger partial charge is 0.379 e. The van der Waals surface area contributed by atoms with Crippen LogP contribution in [0.5, 0.6) is 0 Å². The lowest BCUT2D eigenvalue weighted by Crippen LogP contribution is -2.35. The Kier molecular flexibility index (Phi) is 10.4. The first-order valence-corrected chi connectivity index (χ1v) is 7.52. The molecule has 0 bridgehead atoms. The molecule has 1 amide bonds. The van der Waals surface area contributed by atoms with Crippen molar-refractivity contribution < 1.29 is 9.53 Å². The zero-order valence-corrected chi connectivity index (χ0v) is 15.3. The second-order valence-electron chi connectivity index (χ2n) is 5.72. The Morgan fingerprint density at radius 1 is 1.22 bits per heavy atom. The van der Waals surface area contributed by atoms with Gasteiger partial charge in [-0.3, -0.25) is 9.69 Å². The SMILES string of the molecule is CC(N)C(C)C(=O)Nc1ccc(CN2CCOCC2)cc1.Cl.Cl. The van der Waals surface area contributed by atoms with Crippen LogP contribution < -0.4 is 11.1 Å². The third-order valence-corrected chi connectivity index (χ3v) is 3.93. The predicted molar refractivity (Wildman–Crippen MR) is 98.5 cm³/mol. The minimum Gasteiger partial charge on any atom is -0.379 e. The zero-order chi connectivity index (χ0) is 15.2. The van der Waals surface area contributed by atoms with E-state index >= 15 is 0 Å². The molecule has 2 atom stereocenters. The highest BCUT2D eigenvalue weighted by atomic mass is 35.5. The molecule has 1 aromatic carbocycles. The number of benzene rings is 1. The van der Waals surface area contributed by atoms with Gasteiger partial charge >= 0.3 is 0 Å². The standard InChI is InChI=1S/C16H25N3O2.2ClH/c1-12(13(2)17)16(20)18-15-5-3-14(4-6-15)11-19-7-9-21-10-8-19;;/h3-6,12-13H,7-11,17H2,1-2H3,(H,18,20);2*1H. The first-order chi connectivity index (χ1) is 10.1. The lowest BCUT2D eigenvalue weighted by molar-refractivity contribution is -0.119. The van der Waals surface area contributed by atoms with Gasteiger partial charge < -0.3 is 15.8 Å². The van der Waals surface area contributed by atoms with Crippen molar-refractivity contribution in [1.29, 1.82) is 0 Å². The van der Waals surface area contributed by atoms with E-state index in [0.29, 0.717) is 0 Å². The predicted octanol–water partition coefficient (Wildman–Crippen LogP) is 2.28. The maximum absolute atomic E-state index is 11.9. The molecule has 2 unspecified atom stereocenters. The van der Waals surface area contributed by atoms with Crippen LogP contribution in [-0.4, -0.2) is 43.2 Å². The summed E-state index contributed by atoms with van der Waals surface area (Å²) in [6, 6.07) is 7.86. The molecule has 1 aromatic rings. The molecule has 1 saturated heterocycles. The molecule has 0 saturated carbocycles. The quantitative estimate of drug-likeness (QED) is 0.841. The summed E-state index contributed by atoms with van der Waals surface area (Å²) in [6.45, 7) is 8.18. The maximum atomic E-state index is 11.9. The van der Waals surface area contributed by atoms with Gasteiger partial charge in [-0.15, -0.1) is 24.8 Å². The molecule has 7 heteroatoms. The Balaban J connectivity index is 0.00000242. The summed E-state index contributed by atoms with van der Waals surface area (Å²) in [6.07, 6.45) is 0. The molecule has 0 aliphatic carbocycles. The summed E-state index contributed by atoms with van der Waals surface area (Å²) in [7, 11) is 0. The minimum atomic E-state index is -0.196. The summed E-state index contributed by atoms with van der Waals surface area (Å²) in [4.78, 5) is 14.3. The van der Waals surface area contributed by atoms with E-state index in [-0.39, 0.29) is 42.7 Å². The summed E-state index contributed by atoms with van der Waals surface area (Å²) in [5, 5.41) is 2.90. The first-order valence-electron chi connectivity index (χ1n) is 7.52. The Hall–Kier alpha value is -0.850. The number of carbonyl (C=O) groups is 1. The van der Waals surface area contributed by atoms with Gasteiger partial charge in [0.25, 0.3) is 0 Å². The first kappa shape index (κ1) is 22.1. The van der Waals surface area contributed by atoms with Crippen LogP contribution in [0.2, 0.25) is 0 Å². The number of morpholine rings is 1. The van der Waals surface area contributed by atoms with Crippen LogP contribution in [0, 0.1) is 5.92 Å². The molecule has 3 N–H and O–H groups in total. The highest BCUT2D eigenvalue weighted by Crippen LogP contribution is 2.14. The number of hydrogen-bond acceptors (Lipinski definition) is 4. The molecule has 0 aromatic heterocycles. The average Bonchev–Trinajstić information content (AvgIpc) is 2.49. The van der Waals surface area contributed by atoms with Gasteiger partial charge in [0.1, 0.15) is 0 Å². The number of rotatable bonds is 5. The minimum absolute atomic E-state index is 0. The third-order valence-electron chi connectivity index (χ3n) is 3.93. The number of nitrogens with two attached hydrogens (primary N) is 1. The molecule has 1 heterocycles. The lowest BCUT2D eigenvalue weighted by Gasteiger charge is -2.26. The van der Waals surface area contributed by atoms with E-state index in [2.05, 4.69) is 22.3 Å². The molecular formula is C16H27Cl2N3O2. The molecule has 5 nitrogen and oxygen atoms in total. The van der Waals surface area contributed by atoms with Crippen molar-refractivity contribution in [2.45, 2.75) is 26.4 Å². The van der Waals surface area contributed by atoms with E-state index in [1.54, 1.807) is 0 Å². The zero-order valence-electron chi connectivity index (χ0n) is 13.7. The number of nitrogens with zero attached hydrogens (tertiary/aromatic N) is 1. The molecule has 1 aliphatic heterocycles. The molecule has 23 heavy (non-hydrogen) atoms. The normalized spacial score (nSPS) is 17.3. The number of halogens is 2. The van der Waals surface area contributed by atoms with Crippen LogP contribution in [0.25, 0.3) is 0 Å². The Morgan fingerprint density at radius 2 is 1.78 bits per heavy atom. The smallest absolute Gasteiger partial charge is 0.228 e. The Bertz CT molecular complexity index is 463. The number of nitrogens with one attached hydrogen (secondary N) is 1. The van der Waals surface area contributed by atoms with Gasteiger partial charge in [0.15, 0.2) is 0 Å². The number of amides is 1. The Morgan fingerprint density at radius 3 is 2.30 bits per heavy atom. The summed E-state index contributed by atoms with van der Waals surface area (Å²) in [5.41, 5.74) is 7.81. The van der Waals surface area contributed by atoms with Crippen molar-refractivity contribution in [2.24, 2.45) is 11.7 Å². The molecule has 1 fully saturated rings. The van der Waals surface area contributed by atoms with Crippen molar-refractivity contribution in [3.63, 3.8) is 0 Å². The maximum Gasteiger partial charge on any atom is 0.228 e. The average molecular weight is 364 g/mol. The van der Waals surface area contributed by atoms with Gasteiger partial charge in [0.2, 0.25) is 5.91 Å². The summed E-state index contributed by atoms with van der Waals surface area (Å²) in [5.74, 6) is -0.232. The van der Waals surface area contributed by atoms with Gasteiger partial charge in [-0.1, -0.05) is 19.1 Å². The van der Waals surface area contributed by atoms with Gasteiger partial charge in [-0.25, -0.2) is 0 Å². The highest BCUT2D eigenvalue weighted by molar-refractivity contribution is 5.92. The van der Waals surface area contributed by atoms with Crippen molar-refractivity contribution in [2.75, 3.05) is 31.6 Å². The molecule has 0 radical (unpaired) electrons. The van der Waals surface area contributed by atoms with E-state index in [1.165, 1.54) is 5.56 Å². The Labute approximate surface area is 150 Å². The molecule has 2 rings (SSSR count). The van der Waals surface area contributed by atoms with Crippen LogP contribution in [0.3, 0.4) is 0 Å². The third kappa shape index (κ3) is 7.06. The van der Waals surface area contributed by atoms with Crippen molar-refractivity contribution in [1.82, 2.24) is 4.90 Å². The van der Waals surface area contributed by atoms with E-state index < -0.39 is 0 Å². The molecule has 1 aliphatic rings. The number of carbonyl (C=O) groups excluding carboxylic acids is 1. The monoisotopic (exact) mass is 363 g/mol. The number of hydrogen-bond donors (Lipinski definition) is 2. The van der Waals surface area contributed by atoms with Crippen LogP contribution in [0.1, 0.15) is 19.4 Å².